The van der Waals surface area contributed by atoms with E-state index >= 15 is 0 Å². The fourth-order valence-corrected chi connectivity index (χ4v) is 4.85. The van der Waals surface area contributed by atoms with Gasteiger partial charge in [-0.2, -0.15) is 0 Å². The Labute approximate surface area is 193 Å². The van der Waals surface area contributed by atoms with Crippen LogP contribution in [0.2, 0.25) is 5.02 Å². The molecular weight excluding hydrogens is 454 g/mol. The van der Waals surface area contributed by atoms with Gasteiger partial charge in [-0.15, -0.1) is 10.2 Å². The molecule has 0 saturated heterocycles. The topological polar surface area (TPSA) is 80.5 Å². The van der Waals surface area contributed by atoms with Crippen LogP contribution in [0.1, 0.15) is 48.8 Å². The van der Waals surface area contributed by atoms with E-state index in [1.165, 1.54) is 17.0 Å². The number of carbonyl (C=O) groups is 1. The van der Waals surface area contributed by atoms with Crippen molar-refractivity contribution in [3.8, 4) is 11.4 Å². The molecule has 172 valence electrons. The van der Waals surface area contributed by atoms with Gasteiger partial charge in [-0.05, 0) is 49.4 Å². The molecule has 3 aromatic rings. The van der Waals surface area contributed by atoms with Crippen molar-refractivity contribution in [3.63, 3.8) is 0 Å². The van der Waals surface area contributed by atoms with Gasteiger partial charge < -0.3 is 9.84 Å². The Hall–Kier alpha value is -3.20. The van der Waals surface area contributed by atoms with Gasteiger partial charge in [-0.25, -0.2) is 13.6 Å². The Balaban J connectivity index is 1.38. The summed E-state index contributed by atoms with van der Waals surface area (Å²) in [5, 5.41) is 18.9. The van der Waals surface area contributed by atoms with Crippen molar-refractivity contribution in [2.24, 2.45) is 0 Å². The van der Waals surface area contributed by atoms with Crippen LogP contribution in [0, 0.1) is 11.6 Å². The quantitative estimate of drug-likeness (QED) is 0.557. The van der Waals surface area contributed by atoms with Crippen LogP contribution in [0.25, 0.3) is 5.69 Å². The lowest BCUT2D eigenvalue weighted by molar-refractivity contribution is 0.138. The highest BCUT2D eigenvalue weighted by Gasteiger charge is 2.32. The zero-order valence-electron chi connectivity index (χ0n) is 17.5. The second kappa shape index (κ2) is 8.62. The number of nitrogens with zero attached hydrogens (tertiary/aromatic N) is 4. The van der Waals surface area contributed by atoms with Gasteiger partial charge in [0.15, 0.2) is 5.82 Å². The molecule has 1 aliphatic heterocycles. The summed E-state index contributed by atoms with van der Waals surface area (Å²) in [6.45, 7) is 0.330. The van der Waals surface area contributed by atoms with Crippen molar-refractivity contribution in [2.45, 2.75) is 50.8 Å². The largest absolute Gasteiger partial charge is 0.490 e. The lowest BCUT2D eigenvalue weighted by Gasteiger charge is -2.29. The first-order valence-corrected chi connectivity index (χ1v) is 11.1. The highest BCUT2D eigenvalue weighted by Crippen LogP contribution is 2.37. The van der Waals surface area contributed by atoms with Crippen LogP contribution in [0.3, 0.4) is 0 Å². The number of rotatable bonds is 3. The maximum absolute atomic E-state index is 13.5. The number of aromatic nitrogens is 3. The fraction of sp³-hybridized carbons (Fsp3) is 0.348. The van der Waals surface area contributed by atoms with E-state index in [4.69, 9.17) is 16.3 Å². The maximum atomic E-state index is 13.5. The smallest absolute Gasteiger partial charge is 0.408 e. The van der Waals surface area contributed by atoms with Crippen LogP contribution < -0.4 is 4.74 Å². The monoisotopic (exact) mass is 474 g/mol. The Kier molecular flexibility index (Phi) is 5.65. The number of fused-ring (bicyclic) bond motifs is 3. The molecule has 1 N–H and O–H groups in total. The molecule has 2 heterocycles. The first-order chi connectivity index (χ1) is 15.9. The molecule has 0 bridgehead atoms. The van der Waals surface area contributed by atoms with Gasteiger partial charge in [0, 0.05) is 29.1 Å². The number of hydrogen-bond donors (Lipinski definition) is 1. The molecular formula is C23H21ClF2N4O3. The first-order valence-electron chi connectivity index (χ1n) is 10.7. The minimum atomic E-state index is -1.04. The van der Waals surface area contributed by atoms with Gasteiger partial charge in [-0.3, -0.25) is 9.47 Å². The molecule has 10 heteroatoms. The van der Waals surface area contributed by atoms with E-state index in [1.54, 1.807) is 12.1 Å². The third kappa shape index (κ3) is 4.37. The van der Waals surface area contributed by atoms with E-state index in [9.17, 15) is 18.7 Å². The number of hydrogen-bond acceptors (Lipinski definition) is 4. The van der Waals surface area contributed by atoms with Gasteiger partial charge >= 0.3 is 6.09 Å². The Morgan fingerprint density at radius 1 is 1.03 bits per heavy atom. The van der Waals surface area contributed by atoms with E-state index in [-0.39, 0.29) is 30.9 Å². The summed E-state index contributed by atoms with van der Waals surface area (Å²) >= 11 is 6.18. The van der Waals surface area contributed by atoms with Crippen LogP contribution in [-0.2, 0) is 13.1 Å². The molecule has 2 aliphatic rings. The number of carboxylic acid groups (broad SMARTS) is 1. The second-order valence-electron chi connectivity index (χ2n) is 8.42. The molecule has 1 saturated carbocycles. The standard InChI is InChI=1S/C23H21ClF2N4O3/c24-15-3-6-20-14(7-15)11-29(23(31)32)12-21-27-28-22(30(20)21)13-1-4-18(5-2-13)33-19-9-16(25)8-17(26)10-19/h3,6-10,13,18H,1-2,4-5,11-12H2,(H,31,32). The van der Waals surface area contributed by atoms with Gasteiger partial charge in [0.25, 0.3) is 0 Å². The van der Waals surface area contributed by atoms with Crippen LogP contribution >= 0.6 is 11.6 Å². The molecule has 0 radical (unpaired) electrons. The third-order valence-corrected chi connectivity index (χ3v) is 6.41. The van der Waals surface area contributed by atoms with Gasteiger partial charge in [0.05, 0.1) is 24.9 Å². The highest BCUT2D eigenvalue weighted by atomic mass is 35.5. The van der Waals surface area contributed by atoms with E-state index in [0.717, 1.165) is 36.0 Å². The Morgan fingerprint density at radius 3 is 2.45 bits per heavy atom. The van der Waals surface area contributed by atoms with E-state index in [1.807, 2.05) is 10.6 Å². The minimum Gasteiger partial charge on any atom is -0.490 e. The van der Waals surface area contributed by atoms with Gasteiger partial charge in [-0.1, -0.05) is 11.6 Å². The number of ether oxygens (including phenoxy) is 1. The highest BCUT2D eigenvalue weighted by molar-refractivity contribution is 6.30. The number of amides is 1. The first kappa shape index (κ1) is 21.6. The Bertz CT molecular complexity index is 1190. The number of halogens is 3. The van der Waals surface area contributed by atoms with Crippen LogP contribution in [0.15, 0.2) is 36.4 Å². The van der Waals surface area contributed by atoms with Crippen molar-refractivity contribution in [3.05, 3.63) is 70.3 Å². The number of benzene rings is 2. The van der Waals surface area contributed by atoms with Crippen molar-refractivity contribution in [1.29, 1.82) is 0 Å². The van der Waals surface area contributed by atoms with Crippen LogP contribution in [0.4, 0.5) is 13.6 Å². The summed E-state index contributed by atoms with van der Waals surface area (Å²) in [6.07, 6.45) is 1.71. The minimum absolute atomic E-state index is 0.0928. The third-order valence-electron chi connectivity index (χ3n) is 6.18. The molecule has 2 aromatic carbocycles. The molecule has 7 nitrogen and oxygen atoms in total. The zero-order valence-corrected chi connectivity index (χ0v) is 18.3. The summed E-state index contributed by atoms with van der Waals surface area (Å²) in [5.74, 6) is 0.276. The second-order valence-corrected chi connectivity index (χ2v) is 8.85. The lowest BCUT2D eigenvalue weighted by Crippen LogP contribution is -2.28. The normalized spacial score (nSPS) is 20.0. The van der Waals surface area contributed by atoms with E-state index < -0.39 is 17.7 Å². The van der Waals surface area contributed by atoms with Crippen LogP contribution in [0.5, 0.6) is 5.75 Å². The van der Waals surface area contributed by atoms with Crippen molar-refractivity contribution >= 4 is 17.7 Å². The molecule has 1 amide bonds. The fourth-order valence-electron chi connectivity index (χ4n) is 4.65. The molecule has 0 atom stereocenters. The molecule has 1 aliphatic carbocycles. The predicted octanol–water partition coefficient (Wildman–Crippen LogP) is 5.30. The molecule has 0 spiro atoms. The SMILES string of the molecule is O=C(O)N1Cc2cc(Cl)ccc2-n2c(nnc2C2CCC(Oc3cc(F)cc(F)c3)CC2)C1. The summed E-state index contributed by atoms with van der Waals surface area (Å²) in [6, 6.07) is 8.60. The summed E-state index contributed by atoms with van der Waals surface area (Å²) < 4.78 is 34.7. The van der Waals surface area contributed by atoms with E-state index in [0.29, 0.717) is 23.7 Å². The van der Waals surface area contributed by atoms with E-state index in [2.05, 4.69) is 10.2 Å². The van der Waals surface area contributed by atoms with Crippen LogP contribution in [-0.4, -0.2) is 37.0 Å². The molecule has 1 fully saturated rings. The van der Waals surface area contributed by atoms with Gasteiger partial charge in [0.2, 0.25) is 0 Å². The molecule has 0 unspecified atom stereocenters. The Morgan fingerprint density at radius 2 is 1.76 bits per heavy atom. The summed E-state index contributed by atoms with van der Waals surface area (Å²) in [4.78, 5) is 13.0. The molecule has 33 heavy (non-hydrogen) atoms. The van der Waals surface area contributed by atoms with Gasteiger partial charge in [0.1, 0.15) is 23.2 Å². The zero-order chi connectivity index (χ0) is 23.1. The predicted molar refractivity (Wildman–Crippen MR) is 116 cm³/mol. The average molecular weight is 475 g/mol. The van der Waals surface area contributed by atoms with Crippen molar-refractivity contribution in [1.82, 2.24) is 19.7 Å². The maximum Gasteiger partial charge on any atom is 0.408 e. The molecule has 1 aromatic heterocycles. The molecule has 5 rings (SSSR count). The van der Waals surface area contributed by atoms with Crippen molar-refractivity contribution < 1.29 is 23.4 Å². The summed E-state index contributed by atoms with van der Waals surface area (Å²) in [5.41, 5.74) is 1.61. The lowest BCUT2D eigenvalue weighted by atomic mass is 9.86. The average Bonchev–Trinajstić information content (AvgIpc) is 3.09. The van der Waals surface area contributed by atoms with Crippen molar-refractivity contribution in [2.75, 3.05) is 0 Å². The summed E-state index contributed by atoms with van der Waals surface area (Å²) in [7, 11) is 0.